The number of furan rings is 1. The molecule has 374 valence electrons. The van der Waals surface area contributed by atoms with Crippen molar-refractivity contribution in [3.05, 3.63) is 159 Å². The van der Waals surface area contributed by atoms with Gasteiger partial charge in [-0.3, -0.25) is 0 Å². The number of hydrogen-bond donors (Lipinski definition) is 0. The van der Waals surface area contributed by atoms with Crippen molar-refractivity contribution in [1.82, 2.24) is 0 Å². The Morgan fingerprint density at radius 1 is 0.419 bits per heavy atom. The molecule has 0 radical (unpaired) electrons. The monoisotopic (exact) mass is 971 g/mol. The van der Waals surface area contributed by atoms with Crippen LogP contribution in [0.5, 0.6) is 0 Å². The smallest absolute Gasteiger partial charge is 0.333 e. The molecular formula is C70H75BN2O. The third kappa shape index (κ3) is 6.09. The largest absolute Gasteiger partial charge is 0.454 e. The van der Waals surface area contributed by atoms with E-state index < -0.39 is 0 Å². The minimum Gasteiger partial charge on any atom is -0.454 e. The molecule has 74 heavy (non-hydrogen) atoms. The number of rotatable bonds is 2. The zero-order valence-electron chi connectivity index (χ0n) is 47.0. The van der Waals surface area contributed by atoms with Gasteiger partial charge in [-0.25, -0.2) is 0 Å². The van der Waals surface area contributed by atoms with E-state index in [0.717, 1.165) is 36.8 Å². The summed E-state index contributed by atoms with van der Waals surface area (Å²) in [5.74, 6) is 0. The number of aryl methyl sites for hydroxylation is 1. The summed E-state index contributed by atoms with van der Waals surface area (Å²) in [6, 6.07) is 44.1. The van der Waals surface area contributed by atoms with E-state index in [2.05, 4.69) is 223 Å². The molecule has 0 spiro atoms. The molecule has 14 rings (SSSR count). The number of nitrogens with zero attached hydrogens (tertiary/aromatic N) is 2. The Morgan fingerprint density at radius 3 is 1.62 bits per heavy atom. The molecule has 0 unspecified atom stereocenters. The van der Waals surface area contributed by atoms with Gasteiger partial charge in [0.1, 0.15) is 5.58 Å². The standard InChI is InChI=1S/C70H75BN2O/c1-40-32-51-54(68(10,11)30-28-65(51,4)5)38-57(40)72-59-37-50-44(42-20-16-18-22-48(42)70(50,14)15)36-56(59)71-61-46(34-47-43-21-17-19-23-60(43)74-63(47)62(61)72)45-35-53-55(69(12,13)31-29-67(53,8)9)39-58(45)73(71)41-24-25-49-52(33-41)66(6,7)27-26-64(49,2)3/h16-25,32-39H,26-31H2,1-15H3. The van der Waals surface area contributed by atoms with Gasteiger partial charge in [0.15, 0.2) is 5.58 Å². The van der Waals surface area contributed by atoms with Crippen molar-refractivity contribution in [1.29, 1.82) is 0 Å². The second kappa shape index (κ2) is 14.5. The average Bonchev–Trinajstić information content (AvgIpc) is 3.88. The number of benzene rings is 7. The summed E-state index contributed by atoms with van der Waals surface area (Å²) in [6.45, 7) is 36.9. The van der Waals surface area contributed by atoms with Crippen molar-refractivity contribution in [2.24, 2.45) is 0 Å². The fourth-order valence-electron chi connectivity index (χ4n) is 15.7. The summed E-state index contributed by atoms with van der Waals surface area (Å²) < 4.78 is 7.44. The lowest BCUT2D eigenvalue weighted by Gasteiger charge is -2.49. The molecule has 0 saturated carbocycles. The fourth-order valence-corrected chi connectivity index (χ4v) is 15.7. The predicted octanol–water partition coefficient (Wildman–Crippen LogP) is 18.0. The molecular weight excluding hydrogens is 896 g/mol. The maximum atomic E-state index is 7.44. The Bertz CT molecular complexity index is 3810. The second-order valence-electron chi connectivity index (χ2n) is 28.5. The summed E-state index contributed by atoms with van der Waals surface area (Å²) >= 11 is 0. The van der Waals surface area contributed by atoms with Crippen LogP contribution in [0.1, 0.15) is 186 Å². The summed E-state index contributed by atoms with van der Waals surface area (Å²) in [5.41, 5.74) is 29.3. The average molecular weight is 971 g/mol. The lowest BCUT2D eigenvalue weighted by molar-refractivity contribution is 0.332. The van der Waals surface area contributed by atoms with Crippen LogP contribution in [0, 0.1) is 6.92 Å². The molecule has 0 atom stereocenters. The van der Waals surface area contributed by atoms with Crippen molar-refractivity contribution in [3.63, 3.8) is 0 Å². The Kier molecular flexibility index (Phi) is 9.10. The highest BCUT2D eigenvalue weighted by Crippen LogP contribution is 2.59. The lowest BCUT2D eigenvalue weighted by Crippen LogP contribution is -2.62. The lowest BCUT2D eigenvalue weighted by atomic mass is 9.42. The van der Waals surface area contributed by atoms with Crippen LogP contribution < -0.4 is 20.6 Å². The zero-order valence-corrected chi connectivity index (χ0v) is 47.0. The third-order valence-electron chi connectivity index (χ3n) is 20.7. The van der Waals surface area contributed by atoms with E-state index in [9.17, 15) is 0 Å². The van der Waals surface area contributed by atoms with Crippen molar-refractivity contribution < 1.29 is 4.42 Å². The molecule has 0 amide bonds. The molecule has 7 aromatic carbocycles. The summed E-state index contributed by atoms with van der Waals surface area (Å²) in [5, 5.41) is 2.35. The van der Waals surface area contributed by atoms with Gasteiger partial charge < -0.3 is 14.1 Å². The number of para-hydroxylation sites is 1. The molecule has 0 N–H and O–H groups in total. The van der Waals surface area contributed by atoms with Crippen molar-refractivity contribution in [3.8, 4) is 22.3 Å². The molecule has 4 heteroatoms. The highest BCUT2D eigenvalue weighted by Gasteiger charge is 2.51. The highest BCUT2D eigenvalue weighted by molar-refractivity contribution is 6.94. The zero-order chi connectivity index (χ0) is 51.8. The number of anilines is 5. The van der Waals surface area contributed by atoms with E-state index in [1.807, 2.05) is 0 Å². The summed E-state index contributed by atoms with van der Waals surface area (Å²) in [7, 11) is 0. The Hall–Kier alpha value is -6.00. The Morgan fingerprint density at radius 2 is 0.959 bits per heavy atom. The number of fused-ring (bicyclic) bond motifs is 14. The maximum absolute atomic E-state index is 7.44. The van der Waals surface area contributed by atoms with E-state index >= 15 is 0 Å². The van der Waals surface area contributed by atoms with E-state index in [1.165, 1.54) is 135 Å². The number of hydrogen-bond acceptors (Lipinski definition) is 3. The van der Waals surface area contributed by atoms with E-state index in [4.69, 9.17) is 4.42 Å². The van der Waals surface area contributed by atoms with Crippen molar-refractivity contribution in [2.75, 3.05) is 9.71 Å². The minimum atomic E-state index is -0.201. The van der Waals surface area contributed by atoms with Crippen LogP contribution in [-0.2, 0) is 37.9 Å². The van der Waals surface area contributed by atoms with Crippen LogP contribution in [0.25, 0.3) is 44.2 Å². The van der Waals surface area contributed by atoms with Gasteiger partial charge in [-0.1, -0.05) is 158 Å². The van der Waals surface area contributed by atoms with E-state index in [-0.39, 0.29) is 44.8 Å². The van der Waals surface area contributed by atoms with Gasteiger partial charge in [-0.05, 0) is 204 Å². The van der Waals surface area contributed by atoms with Gasteiger partial charge in [0.25, 0.3) is 0 Å². The maximum Gasteiger partial charge on any atom is 0.333 e. The van der Waals surface area contributed by atoms with Gasteiger partial charge in [-0.15, -0.1) is 0 Å². The van der Waals surface area contributed by atoms with Crippen LogP contribution in [-0.4, -0.2) is 6.85 Å². The first-order chi connectivity index (χ1) is 34.8. The normalized spacial score (nSPS) is 21.0. The van der Waals surface area contributed by atoms with Crippen LogP contribution >= 0.6 is 0 Å². The Balaban J connectivity index is 1.18. The summed E-state index contributed by atoms with van der Waals surface area (Å²) in [4.78, 5) is 5.54. The van der Waals surface area contributed by atoms with Crippen LogP contribution in [0.2, 0.25) is 0 Å². The van der Waals surface area contributed by atoms with Crippen molar-refractivity contribution >= 4 is 68.1 Å². The van der Waals surface area contributed by atoms with Gasteiger partial charge in [0, 0.05) is 44.5 Å². The second-order valence-corrected chi connectivity index (χ2v) is 28.5. The molecule has 0 fully saturated rings. The molecule has 3 nitrogen and oxygen atoms in total. The van der Waals surface area contributed by atoms with E-state index in [1.54, 1.807) is 0 Å². The molecule has 2 aliphatic heterocycles. The quantitative estimate of drug-likeness (QED) is 0.161. The van der Waals surface area contributed by atoms with Crippen LogP contribution in [0.4, 0.5) is 28.4 Å². The molecule has 3 heterocycles. The molecule has 6 aliphatic rings. The SMILES string of the molecule is Cc1cc2c(cc1N1c3cc4c(cc3B3c5c(cc6c(oc7ccccc76)c51)-c1cc5c(cc1N3c1ccc3c(c1)C(C)(C)CCC3(C)C)C(C)(C)CCC5(C)C)-c1ccccc1C4(C)C)C(C)(C)CCC2(C)C. The fraction of sp³-hybridized carbons (Fsp3) is 0.400. The van der Waals surface area contributed by atoms with Crippen LogP contribution in [0.3, 0.4) is 0 Å². The first kappa shape index (κ1) is 46.5. The van der Waals surface area contributed by atoms with Gasteiger partial charge in [-0.2, -0.15) is 0 Å². The van der Waals surface area contributed by atoms with Gasteiger partial charge in [0.2, 0.25) is 0 Å². The van der Waals surface area contributed by atoms with Gasteiger partial charge >= 0.3 is 6.85 Å². The molecule has 8 aromatic rings. The first-order valence-electron chi connectivity index (χ1n) is 28.2. The predicted molar refractivity (Wildman–Crippen MR) is 316 cm³/mol. The van der Waals surface area contributed by atoms with E-state index in [0.29, 0.717) is 0 Å². The highest BCUT2D eigenvalue weighted by atomic mass is 16.3. The van der Waals surface area contributed by atoms with Crippen molar-refractivity contribution in [2.45, 2.75) is 180 Å². The minimum absolute atomic E-state index is 0.0189. The van der Waals surface area contributed by atoms with Crippen LogP contribution in [0.15, 0.2) is 114 Å². The molecule has 0 saturated heterocycles. The molecule has 1 aromatic heterocycles. The topological polar surface area (TPSA) is 19.6 Å². The summed E-state index contributed by atoms with van der Waals surface area (Å²) in [6.07, 6.45) is 7.00. The molecule has 0 bridgehead atoms. The first-order valence-corrected chi connectivity index (χ1v) is 28.2. The molecule has 4 aliphatic carbocycles. The third-order valence-corrected chi connectivity index (χ3v) is 20.7. The van der Waals surface area contributed by atoms with Gasteiger partial charge in [0.05, 0.1) is 5.69 Å². The Labute approximate surface area is 441 Å².